The van der Waals surface area contributed by atoms with Gasteiger partial charge in [0.15, 0.2) is 0 Å². The average Bonchev–Trinajstić information content (AvgIpc) is 2.19. The van der Waals surface area contributed by atoms with Crippen molar-refractivity contribution in [2.45, 2.75) is 0 Å². The van der Waals surface area contributed by atoms with Crippen molar-refractivity contribution >= 4 is 15.2 Å². The topological polar surface area (TPSA) is 118 Å². The molecule has 0 spiro atoms. The van der Waals surface area contributed by atoms with E-state index in [1.807, 2.05) is 14.1 Å². The second kappa shape index (κ2) is 7.29. The molecule has 0 rings (SSSR count). The van der Waals surface area contributed by atoms with Gasteiger partial charge in [-0.25, -0.2) is 0 Å². The van der Waals surface area contributed by atoms with E-state index in [2.05, 4.69) is 0 Å². The molecule has 19 heavy (non-hydrogen) atoms. The van der Waals surface area contributed by atoms with E-state index < -0.39 is 15.2 Å². The monoisotopic (exact) mass is 319 g/mol. The van der Waals surface area contributed by atoms with E-state index in [4.69, 9.17) is 19.6 Å². The molecule has 0 heterocycles. The maximum absolute atomic E-state index is 10.8. The van der Waals surface area contributed by atoms with E-state index in [1.54, 1.807) is 11.9 Å². The number of likely N-dealkylation sites (N-methyl/N-ethyl adjacent to an activating group) is 2. The van der Waals surface area contributed by atoms with Crippen molar-refractivity contribution in [2.75, 3.05) is 59.6 Å². The first-order valence-corrected chi connectivity index (χ1v) is 9.50. The highest BCUT2D eigenvalue weighted by molar-refractivity contribution is 7.52. The van der Waals surface area contributed by atoms with Crippen LogP contribution in [0.3, 0.4) is 0 Å². The molecule has 0 aliphatic heterocycles. The molecule has 0 aromatic carbocycles. The zero-order valence-corrected chi connectivity index (χ0v) is 13.4. The number of hydrogen-bond donors (Lipinski definition) is 4. The Kier molecular flexibility index (Phi) is 7.38. The molecule has 0 aromatic rings. The van der Waals surface area contributed by atoms with Crippen molar-refractivity contribution in [1.29, 1.82) is 0 Å². The summed E-state index contributed by atoms with van der Waals surface area (Å²) in [7, 11) is -2.45. The summed E-state index contributed by atoms with van der Waals surface area (Å²) in [4.78, 5) is 37.0. The average molecular weight is 319 g/mol. The van der Waals surface area contributed by atoms with Crippen molar-refractivity contribution in [3.63, 3.8) is 0 Å². The number of rotatable bonds is 9. The molecule has 0 unspecified atom stereocenters. The van der Waals surface area contributed by atoms with Crippen molar-refractivity contribution in [2.24, 2.45) is 0 Å². The van der Waals surface area contributed by atoms with Gasteiger partial charge >= 0.3 is 15.2 Å². The van der Waals surface area contributed by atoms with Gasteiger partial charge in [-0.1, -0.05) is 0 Å². The number of nitrogens with zero attached hydrogens (tertiary/aromatic N) is 2. The fourth-order valence-electron chi connectivity index (χ4n) is 1.37. The summed E-state index contributed by atoms with van der Waals surface area (Å²) in [5.74, 6) is 0. The smallest absolute Gasteiger partial charge is 0.327 e. The summed E-state index contributed by atoms with van der Waals surface area (Å²) in [6.07, 6.45) is -0.342. The molecule has 0 radical (unpaired) electrons. The Balaban J connectivity index is 4.02. The highest BCUT2D eigenvalue weighted by atomic mass is 31.2. The van der Waals surface area contributed by atoms with Gasteiger partial charge in [-0.05, 0) is 7.05 Å². The summed E-state index contributed by atoms with van der Waals surface area (Å²) in [5.41, 5.74) is 0. The second-order valence-corrected chi connectivity index (χ2v) is 9.02. The van der Waals surface area contributed by atoms with Gasteiger partial charge < -0.3 is 29.0 Å². The first-order chi connectivity index (χ1) is 8.31. The van der Waals surface area contributed by atoms with E-state index in [0.717, 1.165) is 0 Å². The van der Waals surface area contributed by atoms with Gasteiger partial charge in [-0.2, -0.15) is 0 Å². The van der Waals surface area contributed by atoms with Gasteiger partial charge in [0.25, 0.3) is 0 Å². The van der Waals surface area contributed by atoms with E-state index >= 15 is 0 Å². The minimum atomic E-state index is -3.98. The molecule has 8 nitrogen and oxygen atoms in total. The first-order valence-electron chi connectivity index (χ1n) is 5.90. The minimum Gasteiger partial charge on any atom is -0.327 e. The molecule has 0 bridgehead atoms. The van der Waals surface area contributed by atoms with E-state index in [9.17, 15) is 9.13 Å². The molecule has 116 valence electrons. The summed E-state index contributed by atoms with van der Waals surface area (Å²) < 4.78 is 22.0. The lowest BCUT2D eigenvalue weighted by molar-refractivity contribution is -0.887. The zero-order valence-electron chi connectivity index (χ0n) is 11.6. The van der Waals surface area contributed by atoms with Crippen LogP contribution < -0.4 is 0 Å². The third-order valence-corrected chi connectivity index (χ3v) is 4.42. The normalized spacial score (nSPS) is 14.1. The van der Waals surface area contributed by atoms with Crippen LogP contribution in [0, 0.1) is 0 Å². The predicted octanol–water partition coefficient (Wildman–Crippen LogP) is -0.650. The lowest BCUT2D eigenvalue weighted by Crippen LogP contribution is -2.46. The molecule has 0 aliphatic carbocycles. The fourth-order valence-corrected chi connectivity index (χ4v) is 2.77. The molecular formula is C9H25N2O6P2+. The van der Waals surface area contributed by atoms with E-state index in [1.165, 1.54) is 0 Å². The second-order valence-electron chi connectivity index (χ2n) is 5.46. The molecule has 0 aromatic heterocycles. The summed E-state index contributed by atoms with van der Waals surface area (Å²) in [6, 6.07) is 0. The SMILES string of the molecule is CN(CC[N+](C)(C)CCP(=O)(O)O)CCP(=O)(O)O. The predicted molar refractivity (Wildman–Crippen MR) is 73.2 cm³/mol. The molecule has 0 aliphatic rings. The maximum atomic E-state index is 10.8. The Bertz CT molecular complexity index is 364. The van der Waals surface area contributed by atoms with Crippen LogP contribution in [0.2, 0.25) is 0 Å². The molecule has 0 atom stereocenters. The fraction of sp³-hybridized carbons (Fsp3) is 1.00. The standard InChI is InChI=1S/C9H24N2O6P2/c1-10(5-8-18(12,13)14)4-6-11(2,3)7-9-19(15,16)17/h4-9H2,1-3H3,(H3-,12,13,14,15,16,17)/p+1. The molecular weight excluding hydrogens is 294 g/mol. The quantitative estimate of drug-likeness (QED) is 0.329. The number of quaternary nitrogens is 1. The molecule has 10 heteroatoms. The van der Waals surface area contributed by atoms with Crippen molar-refractivity contribution in [3.05, 3.63) is 0 Å². The van der Waals surface area contributed by atoms with Gasteiger partial charge in [0.2, 0.25) is 0 Å². The van der Waals surface area contributed by atoms with E-state index in [0.29, 0.717) is 30.7 Å². The minimum absolute atomic E-state index is 0.161. The van der Waals surface area contributed by atoms with Gasteiger partial charge in [-0.3, -0.25) is 9.13 Å². The Morgan fingerprint density at radius 1 is 0.895 bits per heavy atom. The molecule has 0 saturated heterocycles. The van der Waals surface area contributed by atoms with Crippen LogP contribution in [0.4, 0.5) is 0 Å². The van der Waals surface area contributed by atoms with Gasteiger partial charge in [-0.15, -0.1) is 0 Å². The van der Waals surface area contributed by atoms with Crippen LogP contribution in [-0.4, -0.2) is 88.6 Å². The van der Waals surface area contributed by atoms with Gasteiger partial charge in [0, 0.05) is 13.1 Å². The van der Waals surface area contributed by atoms with Crippen LogP contribution in [-0.2, 0) is 9.13 Å². The van der Waals surface area contributed by atoms with Crippen LogP contribution in [0.1, 0.15) is 0 Å². The van der Waals surface area contributed by atoms with Gasteiger partial charge in [0.1, 0.15) is 0 Å². The molecule has 4 N–H and O–H groups in total. The number of hydrogen-bond acceptors (Lipinski definition) is 3. The first kappa shape index (κ1) is 19.2. The summed E-state index contributed by atoms with van der Waals surface area (Å²) in [6.45, 7) is 1.91. The maximum Gasteiger partial charge on any atom is 0.331 e. The Hall–Kier alpha value is 0.220. The van der Waals surface area contributed by atoms with Crippen LogP contribution in [0.5, 0.6) is 0 Å². The summed E-state index contributed by atoms with van der Waals surface area (Å²) >= 11 is 0. The van der Waals surface area contributed by atoms with E-state index in [-0.39, 0.29) is 12.3 Å². The lowest BCUT2D eigenvalue weighted by atomic mass is 10.4. The Morgan fingerprint density at radius 2 is 1.37 bits per heavy atom. The van der Waals surface area contributed by atoms with Crippen LogP contribution >= 0.6 is 15.2 Å². The highest BCUT2D eigenvalue weighted by Crippen LogP contribution is 2.34. The lowest BCUT2D eigenvalue weighted by Gasteiger charge is -2.31. The van der Waals surface area contributed by atoms with Crippen LogP contribution in [0.15, 0.2) is 0 Å². The molecule has 0 saturated carbocycles. The van der Waals surface area contributed by atoms with Gasteiger partial charge in [0.05, 0.1) is 39.5 Å². The third kappa shape index (κ3) is 13.0. The van der Waals surface area contributed by atoms with Crippen molar-refractivity contribution < 1.29 is 33.2 Å². The summed E-state index contributed by atoms with van der Waals surface area (Å²) in [5, 5.41) is 0. The largest absolute Gasteiger partial charge is 0.331 e. The third-order valence-electron chi connectivity index (χ3n) is 2.86. The zero-order chi connectivity index (χ0) is 15.3. The Morgan fingerprint density at radius 3 is 1.79 bits per heavy atom. The molecule has 0 fully saturated rings. The van der Waals surface area contributed by atoms with Crippen LogP contribution in [0.25, 0.3) is 0 Å². The van der Waals surface area contributed by atoms with Crippen molar-refractivity contribution in [1.82, 2.24) is 4.90 Å². The Labute approximate surface area is 113 Å². The molecule has 0 amide bonds. The highest BCUT2D eigenvalue weighted by Gasteiger charge is 2.23. The van der Waals surface area contributed by atoms with Crippen molar-refractivity contribution in [3.8, 4) is 0 Å².